The molecule has 0 aliphatic carbocycles. The van der Waals surface area contributed by atoms with Crippen LogP contribution in [-0.2, 0) is 6.54 Å². The van der Waals surface area contributed by atoms with Crippen molar-refractivity contribution in [1.29, 1.82) is 0 Å². The molecule has 0 saturated carbocycles. The molecular weight excluding hydrogens is 340 g/mol. The van der Waals surface area contributed by atoms with Crippen LogP contribution < -0.4 is 10.1 Å². The normalized spacial score (nSPS) is 18.7. The minimum absolute atomic E-state index is 0. The molecular formula is C15H24BrClN2O. The molecule has 5 heteroatoms. The molecule has 0 amide bonds. The van der Waals surface area contributed by atoms with Crippen LogP contribution in [0.5, 0.6) is 5.75 Å². The van der Waals surface area contributed by atoms with Gasteiger partial charge in [0.25, 0.3) is 0 Å². The summed E-state index contributed by atoms with van der Waals surface area (Å²) in [5, 5.41) is 3.48. The second-order valence-electron chi connectivity index (χ2n) is 5.37. The van der Waals surface area contributed by atoms with Gasteiger partial charge < -0.3 is 15.0 Å². The lowest BCUT2D eigenvalue weighted by Gasteiger charge is -2.28. The van der Waals surface area contributed by atoms with Crippen LogP contribution in [0.15, 0.2) is 22.7 Å². The van der Waals surface area contributed by atoms with E-state index in [1.165, 1.54) is 24.9 Å². The number of methoxy groups -OCH3 is 1. The quantitative estimate of drug-likeness (QED) is 0.868. The summed E-state index contributed by atoms with van der Waals surface area (Å²) >= 11 is 3.53. The fourth-order valence-corrected chi connectivity index (χ4v) is 3.16. The summed E-state index contributed by atoms with van der Waals surface area (Å²) in [6, 6.07) is 6.19. The van der Waals surface area contributed by atoms with Gasteiger partial charge in [-0.15, -0.1) is 12.4 Å². The molecule has 1 fully saturated rings. The van der Waals surface area contributed by atoms with E-state index in [1.807, 2.05) is 12.1 Å². The van der Waals surface area contributed by atoms with Gasteiger partial charge in [0.2, 0.25) is 0 Å². The molecule has 0 radical (unpaired) electrons. The molecule has 1 unspecified atom stereocenters. The maximum Gasteiger partial charge on any atom is 0.123 e. The smallest absolute Gasteiger partial charge is 0.123 e. The Morgan fingerprint density at radius 3 is 2.90 bits per heavy atom. The average molecular weight is 364 g/mol. The molecule has 3 nitrogen and oxygen atoms in total. The maximum absolute atomic E-state index is 5.43. The van der Waals surface area contributed by atoms with Crippen molar-refractivity contribution < 1.29 is 4.74 Å². The Morgan fingerprint density at radius 2 is 2.25 bits per heavy atom. The lowest BCUT2D eigenvalue weighted by molar-refractivity contribution is 0.235. The van der Waals surface area contributed by atoms with Gasteiger partial charge in [-0.25, -0.2) is 0 Å². The molecule has 1 aromatic rings. The number of piperidine rings is 1. The monoisotopic (exact) mass is 362 g/mol. The van der Waals surface area contributed by atoms with Crippen molar-refractivity contribution in [2.24, 2.45) is 5.92 Å². The average Bonchev–Trinajstić information content (AvgIpc) is 2.40. The topological polar surface area (TPSA) is 24.5 Å². The van der Waals surface area contributed by atoms with E-state index in [0.717, 1.165) is 35.8 Å². The molecule has 0 bridgehead atoms. The first-order valence-corrected chi connectivity index (χ1v) is 7.70. The predicted molar refractivity (Wildman–Crippen MR) is 89.9 cm³/mol. The van der Waals surface area contributed by atoms with Crippen LogP contribution in [0.2, 0.25) is 0 Å². The summed E-state index contributed by atoms with van der Waals surface area (Å²) in [6.45, 7) is 4.40. The molecule has 1 aromatic carbocycles. The van der Waals surface area contributed by atoms with Crippen molar-refractivity contribution >= 4 is 28.3 Å². The first kappa shape index (κ1) is 17.8. The number of hydrogen-bond acceptors (Lipinski definition) is 3. The van der Waals surface area contributed by atoms with Crippen molar-refractivity contribution in [3.8, 4) is 5.75 Å². The number of nitrogens with zero attached hydrogens (tertiary/aromatic N) is 1. The van der Waals surface area contributed by atoms with Gasteiger partial charge in [-0.05, 0) is 57.1 Å². The van der Waals surface area contributed by atoms with E-state index in [0.29, 0.717) is 0 Å². The first-order valence-electron chi connectivity index (χ1n) is 6.90. The Kier molecular flexibility index (Phi) is 7.88. The van der Waals surface area contributed by atoms with Gasteiger partial charge in [0.1, 0.15) is 5.75 Å². The second-order valence-corrected chi connectivity index (χ2v) is 6.28. The van der Waals surface area contributed by atoms with Crippen molar-refractivity contribution in [2.45, 2.75) is 19.4 Å². The Morgan fingerprint density at radius 1 is 1.45 bits per heavy atom. The van der Waals surface area contributed by atoms with Crippen molar-refractivity contribution in [1.82, 2.24) is 10.2 Å². The number of hydrogen-bond donors (Lipinski definition) is 1. The number of halogens is 2. The summed E-state index contributed by atoms with van der Waals surface area (Å²) in [5.74, 6) is 1.74. The molecule has 20 heavy (non-hydrogen) atoms. The maximum atomic E-state index is 5.43. The van der Waals surface area contributed by atoms with Gasteiger partial charge in [-0.1, -0.05) is 15.9 Å². The van der Waals surface area contributed by atoms with E-state index < -0.39 is 0 Å². The largest absolute Gasteiger partial charge is 0.496 e. The highest BCUT2D eigenvalue weighted by molar-refractivity contribution is 9.10. The summed E-state index contributed by atoms with van der Waals surface area (Å²) in [4.78, 5) is 2.39. The minimum Gasteiger partial charge on any atom is -0.496 e. The van der Waals surface area contributed by atoms with E-state index in [9.17, 15) is 0 Å². The lowest BCUT2D eigenvalue weighted by atomic mass is 9.99. The van der Waals surface area contributed by atoms with Gasteiger partial charge >= 0.3 is 0 Å². The zero-order valence-electron chi connectivity index (χ0n) is 12.2. The SMILES string of the molecule is COc1ccc(Br)cc1CN(C)CC1CCCNC1.Cl. The molecule has 1 saturated heterocycles. The van der Waals surface area contributed by atoms with Crippen LogP contribution in [0.4, 0.5) is 0 Å². The number of ether oxygens (including phenoxy) is 1. The van der Waals surface area contributed by atoms with E-state index in [1.54, 1.807) is 7.11 Å². The summed E-state index contributed by atoms with van der Waals surface area (Å²) in [5.41, 5.74) is 1.24. The zero-order valence-corrected chi connectivity index (χ0v) is 14.6. The highest BCUT2D eigenvalue weighted by Crippen LogP contribution is 2.24. The fourth-order valence-electron chi connectivity index (χ4n) is 2.75. The zero-order chi connectivity index (χ0) is 13.7. The minimum atomic E-state index is 0. The molecule has 114 valence electrons. The number of nitrogens with one attached hydrogen (secondary N) is 1. The molecule has 0 aromatic heterocycles. The molecule has 1 heterocycles. The number of rotatable bonds is 5. The third-order valence-corrected chi connectivity index (χ3v) is 4.14. The third-order valence-electron chi connectivity index (χ3n) is 3.65. The van der Waals surface area contributed by atoms with Crippen LogP contribution in [0.3, 0.4) is 0 Å². The van der Waals surface area contributed by atoms with Crippen LogP contribution in [0.25, 0.3) is 0 Å². The van der Waals surface area contributed by atoms with E-state index >= 15 is 0 Å². The van der Waals surface area contributed by atoms with Gasteiger partial charge in [-0.2, -0.15) is 0 Å². The predicted octanol–water partition coefficient (Wildman–Crippen LogP) is 3.31. The second kappa shape index (κ2) is 8.88. The van der Waals surface area contributed by atoms with Crippen LogP contribution in [0, 0.1) is 5.92 Å². The molecule has 2 rings (SSSR count). The van der Waals surface area contributed by atoms with E-state index in [2.05, 4.69) is 39.3 Å². The molecule has 0 spiro atoms. The standard InChI is InChI=1S/C15H23BrN2O.ClH/c1-18(10-12-4-3-7-17-9-12)11-13-8-14(16)5-6-15(13)19-2;/h5-6,8,12,17H,3-4,7,9-11H2,1-2H3;1H. The highest BCUT2D eigenvalue weighted by Gasteiger charge is 2.16. The Labute approximate surface area is 136 Å². The third kappa shape index (κ3) is 5.24. The summed E-state index contributed by atoms with van der Waals surface area (Å²) in [6.07, 6.45) is 2.64. The Balaban J connectivity index is 0.00000200. The summed E-state index contributed by atoms with van der Waals surface area (Å²) < 4.78 is 6.54. The lowest BCUT2D eigenvalue weighted by Crippen LogP contribution is -2.36. The van der Waals surface area contributed by atoms with E-state index in [-0.39, 0.29) is 12.4 Å². The number of benzene rings is 1. The molecule has 1 N–H and O–H groups in total. The van der Waals surface area contributed by atoms with Gasteiger partial charge in [0, 0.05) is 23.1 Å². The van der Waals surface area contributed by atoms with Crippen LogP contribution in [-0.4, -0.2) is 38.7 Å². The Hall–Kier alpha value is -0.290. The summed E-state index contributed by atoms with van der Waals surface area (Å²) in [7, 11) is 3.92. The van der Waals surface area contributed by atoms with Gasteiger partial charge in [-0.3, -0.25) is 0 Å². The molecule has 1 aliphatic heterocycles. The van der Waals surface area contributed by atoms with Crippen molar-refractivity contribution in [2.75, 3.05) is 33.8 Å². The molecule has 1 aliphatic rings. The van der Waals surface area contributed by atoms with Gasteiger partial charge in [0.05, 0.1) is 7.11 Å². The van der Waals surface area contributed by atoms with Gasteiger partial charge in [0.15, 0.2) is 0 Å². The van der Waals surface area contributed by atoms with Crippen LogP contribution in [0.1, 0.15) is 18.4 Å². The molecule has 1 atom stereocenters. The van der Waals surface area contributed by atoms with Crippen molar-refractivity contribution in [3.05, 3.63) is 28.2 Å². The van der Waals surface area contributed by atoms with E-state index in [4.69, 9.17) is 4.74 Å². The van der Waals surface area contributed by atoms with Crippen LogP contribution >= 0.6 is 28.3 Å². The Bertz CT molecular complexity index is 411. The van der Waals surface area contributed by atoms with Crippen molar-refractivity contribution in [3.63, 3.8) is 0 Å². The first-order chi connectivity index (χ1) is 9.19. The highest BCUT2D eigenvalue weighted by atomic mass is 79.9. The fraction of sp³-hybridized carbons (Fsp3) is 0.600.